The summed E-state index contributed by atoms with van der Waals surface area (Å²) in [6.07, 6.45) is 1.88. The van der Waals surface area contributed by atoms with Crippen molar-refractivity contribution in [1.82, 2.24) is 9.97 Å². The first-order valence-electron chi connectivity index (χ1n) is 9.26. The highest BCUT2D eigenvalue weighted by molar-refractivity contribution is 5.65. The molecule has 0 atom stereocenters. The predicted molar refractivity (Wildman–Crippen MR) is 111 cm³/mol. The second-order valence-electron chi connectivity index (χ2n) is 6.61. The van der Waals surface area contributed by atoms with Gasteiger partial charge < -0.3 is 15.0 Å². The van der Waals surface area contributed by atoms with E-state index in [2.05, 4.69) is 53.3 Å². The van der Waals surface area contributed by atoms with E-state index in [1.54, 1.807) is 6.20 Å². The van der Waals surface area contributed by atoms with Gasteiger partial charge in [0.2, 0.25) is 5.95 Å². The van der Waals surface area contributed by atoms with Gasteiger partial charge in [0.05, 0.1) is 11.8 Å². The molecule has 0 aliphatic heterocycles. The third-order valence-electron chi connectivity index (χ3n) is 4.03. The van der Waals surface area contributed by atoms with Gasteiger partial charge >= 0.3 is 0 Å². The summed E-state index contributed by atoms with van der Waals surface area (Å²) in [5, 5.41) is 3.36. The maximum Gasteiger partial charge on any atom is 0.231 e. The fourth-order valence-corrected chi connectivity index (χ4v) is 2.85. The average Bonchev–Trinajstić information content (AvgIpc) is 2.64. The number of hydrogen-bond donors (Lipinski definition) is 1. The summed E-state index contributed by atoms with van der Waals surface area (Å²) >= 11 is 0. The minimum Gasteiger partial charge on any atom is -0.489 e. The van der Waals surface area contributed by atoms with Gasteiger partial charge in [-0.1, -0.05) is 24.3 Å². The van der Waals surface area contributed by atoms with Gasteiger partial charge in [-0.25, -0.2) is 4.98 Å². The number of nitrogens with zero attached hydrogens (tertiary/aromatic N) is 3. The van der Waals surface area contributed by atoms with Crippen LogP contribution in [-0.2, 0) is 0 Å². The minimum absolute atomic E-state index is 0.103. The molecule has 0 aliphatic carbocycles. The topological polar surface area (TPSA) is 50.3 Å². The first kappa shape index (κ1) is 18.7. The monoisotopic (exact) mass is 362 g/mol. The first-order chi connectivity index (χ1) is 13.1. The second kappa shape index (κ2) is 8.54. The minimum atomic E-state index is 0.103. The van der Waals surface area contributed by atoms with E-state index in [4.69, 9.17) is 9.72 Å². The highest BCUT2D eigenvalue weighted by atomic mass is 16.5. The smallest absolute Gasteiger partial charge is 0.231 e. The number of anilines is 4. The van der Waals surface area contributed by atoms with E-state index in [1.807, 2.05) is 44.2 Å². The first-order valence-corrected chi connectivity index (χ1v) is 9.26. The Labute approximate surface area is 161 Å². The van der Waals surface area contributed by atoms with Gasteiger partial charge in [-0.2, -0.15) is 4.98 Å². The molecule has 5 nitrogen and oxygen atoms in total. The molecule has 3 aromatic rings. The highest BCUT2D eigenvalue weighted by Crippen LogP contribution is 2.29. The fourth-order valence-electron chi connectivity index (χ4n) is 2.85. The van der Waals surface area contributed by atoms with E-state index < -0.39 is 0 Å². The Kier molecular flexibility index (Phi) is 5.91. The molecule has 0 fully saturated rings. The summed E-state index contributed by atoms with van der Waals surface area (Å²) in [4.78, 5) is 11.3. The second-order valence-corrected chi connectivity index (χ2v) is 6.61. The van der Waals surface area contributed by atoms with Crippen LogP contribution in [0.4, 0.5) is 23.1 Å². The standard InChI is InChI=1S/C22H26N4O/c1-5-26(18-10-8-9-17(4)15-18)22-23-14-13-21(25-22)24-19-11-6-7-12-20(19)27-16(2)3/h6-16H,5H2,1-4H3,(H,23,24,25). The van der Waals surface area contributed by atoms with E-state index in [0.29, 0.717) is 5.95 Å². The third kappa shape index (κ3) is 4.76. The maximum absolute atomic E-state index is 5.88. The van der Waals surface area contributed by atoms with Crippen LogP contribution in [0.15, 0.2) is 60.8 Å². The van der Waals surface area contributed by atoms with Crippen molar-refractivity contribution < 1.29 is 4.74 Å². The summed E-state index contributed by atoms with van der Waals surface area (Å²) in [7, 11) is 0. The van der Waals surface area contributed by atoms with E-state index in [1.165, 1.54) is 5.56 Å². The van der Waals surface area contributed by atoms with Gasteiger partial charge in [0.1, 0.15) is 11.6 Å². The Morgan fingerprint density at radius 2 is 1.89 bits per heavy atom. The molecule has 2 aromatic carbocycles. The molecule has 1 N–H and O–H groups in total. The fraction of sp³-hybridized carbons (Fsp3) is 0.273. The zero-order valence-corrected chi connectivity index (χ0v) is 16.3. The molecule has 0 radical (unpaired) electrons. The molecule has 3 rings (SSSR count). The van der Waals surface area contributed by atoms with Crippen molar-refractivity contribution in [2.24, 2.45) is 0 Å². The van der Waals surface area contributed by atoms with Crippen molar-refractivity contribution in [2.45, 2.75) is 33.8 Å². The molecule has 1 aromatic heterocycles. The van der Waals surface area contributed by atoms with Crippen LogP contribution in [0.1, 0.15) is 26.3 Å². The van der Waals surface area contributed by atoms with Crippen LogP contribution >= 0.6 is 0 Å². The van der Waals surface area contributed by atoms with Gasteiger partial charge in [0.25, 0.3) is 0 Å². The SMILES string of the molecule is CCN(c1cccc(C)c1)c1nccc(Nc2ccccc2OC(C)C)n1. The largest absolute Gasteiger partial charge is 0.489 e. The molecule has 27 heavy (non-hydrogen) atoms. The van der Waals surface area contributed by atoms with Crippen molar-refractivity contribution in [3.8, 4) is 5.75 Å². The van der Waals surface area contributed by atoms with Crippen molar-refractivity contribution in [3.63, 3.8) is 0 Å². The van der Waals surface area contributed by atoms with Crippen molar-refractivity contribution in [1.29, 1.82) is 0 Å². The van der Waals surface area contributed by atoms with Gasteiger partial charge in [-0.3, -0.25) is 0 Å². The number of rotatable bonds is 7. The van der Waals surface area contributed by atoms with Crippen LogP contribution in [0, 0.1) is 6.92 Å². The van der Waals surface area contributed by atoms with E-state index in [-0.39, 0.29) is 6.10 Å². The predicted octanol–water partition coefficient (Wildman–Crippen LogP) is 5.47. The average molecular weight is 362 g/mol. The van der Waals surface area contributed by atoms with Crippen molar-refractivity contribution in [3.05, 3.63) is 66.4 Å². The Morgan fingerprint density at radius 3 is 2.63 bits per heavy atom. The lowest BCUT2D eigenvalue weighted by molar-refractivity contribution is 0.244. The number of benzene rings is 2. The molecule has 0 saturated carbocycles. The van der Waals surface area contributed by atoms with E-state index >= 15 is 0 Å². The lowest BCUT2D eigenvalue weighted by Gasteiger charge is -2.22. The Balaban J connectivity index is 1.88. The molecule has 140 valence electrons. The number of nitrogens with one attached hydrogen (secondary N) is 1. The summed E-state index contributed by atoms with van der Waals surface area (Å²) in [5.41, 5.74) is 3.17. The Hall–Kier alpha value is -3.08. The molecule has 0 aliphatic rings. The molecule has 0 unspecified atom stereocenters. The quantitative estimate of drug-likeness (QED) is 0.603. The van der Waals surface area contributed by atoms with Crippen LogP contribution in [0.25, 0.3) is 0 Å². The molecular weight excluding hydrogens is 336 g/mol. The molecule has 0 spiro atoms. The Morgan fingerprint density at radius 1 is 1.07 bits per heavy atom. The number of aromatic nitrogens is 2. The van der Waals surface area contributed by atoms with E-state index in [0.717, 1.165) is 29.5 Å². The van der Waals surface area contributed by atoms with Gasteiger partial charge in [-0.15, -0.1) is 0 Å². The maximum atomic E-state index is 5.88. The number of aryl methyl sites for hydroxylation is 1. The molecule has 0 amide bonds. The molecule has 0 saturated heterocycles. The van der Waals surface area contributed by atoms with Crippen LogP contribution in [0.5, 0.6) is 5.75 Å². The number of hydrogen-bond acceptors (Lipinski definition) is 5. The van der Waals surface area contributed by atoms with Crippen LogP contribution in [-0.4, -0.2) is 22.6 Å². The van der Waals surface area contributed by atoms with Crippen LogP contribution < -0.4 is 15.0 Å². The van der Waals surface area contributed by atoms with E-state index in [9.17, 15) is 0 Å². The highest BCUT2D eigenvalue weighted by Gasteiger charge is 2.12. The summed E-state index contributed by atoms with van der Waals surface area (Å²) in [6.45, 7) is 8.99. The number of para-hydroxylation sites is 2. The molecule has 1 heterocycles. The van der Waals surface area contributed by atoms with Crippen molar-refractivity contribution >= 4 is 23.1 Å². The van der Waals surface area contributed by atoms with Crippen LogP contribution in [0.2, 0.25) is 0 Å². The third-order valence-corrected chi connectivity index (χ3v) is 4.03. The van der Waals surface area contributed by atoms with Gasteiger partial charge in [0, 0.05) is 18.4 Å². The van der Waals surface area contributed by atoms with Crippen molar-refractivity contribution in [2.75, 3.05) is 16.8 Å². The summed E-state index contributed by atoms with van der Waals surface area (Å²) < 4.78 is 5.88. The molecule has 0 bridgehead atoms. The van der Waals surface area contributed by atoms with Gasteiger partial charge in [-0.05, 0) is 63.6 Å². The van der Waals surface area contributed by atoms with Gasteiger partial charge in [0.15, 0.2) is 0 Å². The molecular formula is C22H26N4O. The lowest BCUT2D eigenvalue weighted by Crippen LogP contribution is -2.19. The summed E-state index contributed by atoms with van der Waals surface area (Å²) in [5.74, 6) is 2.19. The number of ether oxygens (including phenoxy) is 1. The summed E-state index contributed by atoms with van der Waals surface area (Å²) in [6, 6.07) is 18.1. The molecule has 5 heteroatoms. The van der Waals surface area contributed by atoms with Crippen LogP contribution in [0.3, 0.4) is 0 Å². The Bertz CT molecular complexity index is 895. The lowest BCUT2D eigenvalue weighted by atomic mass is 10.2. The normalized spacial score (nSPS) is 10.7. The zero-order valence-electron chi connectivity index (χ0n) is 16.3. The zero-order chi connectivity index (χ0) is 19.2.